The Kier molecular flexibility index (Phi) is 4.49. The molecule has 2 heterocycles. The molecule has 0 saturated heterocycles. The molecule has 2 rings (SSSR count). The van der Waals surface area contributed by atoms with Gasteiger partial charge in [0.1, 0.15) is 0 Å². The van der Waals surface area contributed by atoms with Crippen molar-refractivity contribution in [2.24, 2.45) is 0 Å². The lowest BCUT2D eigenvalue weighted by atomic mass is 10.2. The van der Waals surface area contributed by atoms with Crippen molar-refractivity contribution < 1.29 is 14.6 Å². The van der Waals surface area contributed by atoms with Crippen LogP contribution in [0, 0.1) is 0 Å². The number of carboxylic acids is 1. The highest BCUT2D eigenvalue weighted by Gasteiger charge is 2.06. The zero-order valence-electron chi connectivity index (χ0n) is 11.1. The van der Waals surface area contributed by atoms with E-state index in [1.165, 1.54) is 6.08 Å². The highest BCUT2D eigenvalue weighted by Crippen LogP contribution is 2.23. The van der Waals surface area contributed by atoms with Crippen LogP contribution in [0.1, 0.15) is 18.9 Å². The Morgan fingerprint density at radius 2 is 2.40 bits per heavy atom. The van der Waals surface area contributed by atoms with Crippen molar-refractivity contribution in [2.45, 2.75) is 19.9 Å². The minimum absolute atomic E-state index is 0.348. The maximum atomic E-state index is 10.6. The van der Waals surface area contributed by atoms with E-state index < -0.39 is 5.97 Å². The smallest absolute Gasteiger partial charge is 0.328 e. The number of ether oxygens (including phenoxy) is 1. The molecule has 6 heteroatoms. The summed E-state index contributed by atoms with van der Waals surface area (Å²) >= 11 is 0. The second kappa shape index (κ2) is 6.51. The molecular weight excluding hydrogens is 258 g/mol. The molecule has 2 aromatic rings. The predicted molar refractivity (Wildman–Crippen MR) is 73.5 cm³/mol. The summed E-state index contributed by atoms with van der Waals surface area (Å²) in [4.78, 5) is 14.7. The van der Waals surface area contributed by atoms with Gasteiger partial charge in [-0.1, -0.05) is 6.92 Å². The highest BCUT2D eigenvalue weighted by atomic mass is 16.5. The summed E-state index contributed by atoms with van der Waals surface area (Å²) in [6.07, 6.45) is 8.45. The standard InChI is InChI=1S/C14H15N3O3/c1-2-8-17-10-12(9-16-17)20-14-11(4-3-7-15-14)5-6-13(18)19/h3-7,9-10H,2,8H2,1H3,(H,18,19)/b6-5+. The van der Waals surface area contributed by atoms with Gasteiger partial charge in [0.25, 0.3) is 0 Å². The van der Waals surface area contributed by atoms with Crippen LogP contribution in [-0.2, 0) is 11.3 Å². The average molecular weight is 273 g/mol. The molecule has 0 radical (unpaired) electrons. The normalized spacial score (nSPS) is 10.8. The zero-order valence-corrected chi connectivity index (χ0v) is 11.1. The van der Waals surface area contributed by atoms with Crippen molar-refractivity contribution in [1.29, 1.82) is 0 Å². The molecule has 0 amide bonds. The largest absolute Gasteiger partial charge is 0.478 e. The van der Waals surface area contributed by atoms with Gasteiger partial charge in [-0.25, -0.2) is 9.78 Å². The Hall–Kier alpha value is -2.63. The van der Waals surface area contributed by atoms with Crippen molar-refractivity contribution in [3.63, 3.8) is 0 Å². The molecule has 0 atom stereocenters. The van der Waals surface area contributed by atoms with Gasteiger partial charge in [0.05, 0.1) is 12.4 Å². The lowest BCUT2D eigenvalue weighted by Gasteiger charge is -2.04. The van der Waals surface area contributed by atoms with Crippen LogP contribution in [0.3, 0.4) is 0 Å². The summed E-state index contributed by atoms with van der Waals surface area (Å²) < 4.78 is 7.41. The van der Waals surface area contributed by atoms with Gasteiger partial charge in [-0.15, -0.1) is 0 Å². The molecule has 0 spiro atoms. The van der Waals surface area contributed by atoms with Crippen LogP contribution in [0.2, 0.25) is 0 Å². The number of aliphatic carboxylic acids is 1. The zero-order chi connectivity index (χ0) is 14.4. The first-order valence-corrected chi connectivity index (χ1v) is 6.25. The van der Waals surface area contributed by atoms with Crippen LogP contribution < -0.4 is 4.74 Å². The monoisotopic (exact) mass is 273 g/mol. The quantitative estimate of drug-likeness (QED) is 0.818. The number of carbonyl (C=O) groups is 1. The van der Waals surface area contributed by atoms with Gasteiger partial charge in [-0.3, -0.25) is 4.68 Å². The minimum Gasteiger partial charge on any atom is -0.478 e. The van der Waals surface area contributed by atoms with E-state index in [4.69, 9.17) is 9.84 Å². The number of nitrogens with zero attached hydrogens (tertiary/aromatic N) is 3. The fourth-order valence-corrected chi connectivity index (χ4v) is 1.64. The third kappa shape index (κ3) is 3.68. The lowest BCUT2D eigenvalue weighted by Crippen LogP contribution is -1.95. The van der Waals surface area contributed by atoms with E-state index in [-0.39, 0.29) is 0 Å². The molecule has 0 saturated carbocycles. The molecule has 0 aromatic carbocycles. The fraction of sp³-hybridized carbons (Fsp3) is 0.214. The molecule has 6 nitrogen and oxygen atoms in total. The Morgan fingerprint density at radius 1 is 1.55 bits per heavy atom. The van der Waals surface area contributed by atoms with E-state index in [1.54, 1.807) is 35.4 Å². The van der Waals surface area contributed by atoms with Gasteiger partial charge in [0.2, 0.25) is 5.88 Å². The van der Waals surface area contributed by atoms with E-state index in [9.17, 15) is 4.79 Å². The van der Waals surface area contributed by atoms with Gasteiger partial charge < -0.3 is 9.84 Å². The Balaban J connectivity index is 2.17. The number of aryl methyl sites for hydroxylation is 1. The van der Waals surface area contributed by atoms with Crippen molar-refractivity contribution in [2.75, 3.05) is 0 Å². The molecule has 0 fully saturated rings. The van der Waals surface area contributed by atoms with Crippen LogP contribution in [0.4, 0.5) is 0 Å². The van der Waals surface area contributed by atoms with Crippen LogP contribution in [0.15, 0.2) is 36.8 Å². The van der Waals surface area contributed by atoms with Crippen molar-refractivity contribution >= 4 is 12.0 Å². The highest BCUT2D eigenvalue weighted by molar-refractivity contribution is 5.85. The van der Waals surface area contributed by atoms with Gasteiger partial charge in [0, 0.05) is 24.4 Å². The molecule has 1 N–H and O–H groups in total. The second-order valence-corrected chi connectivity index (χ2v) is 4.11. The fourth-order valence-electron chi connectivity index (χ4n) is 1.64. The molecule has 0 bridgehead atoms. The van der Waals surface area contributed by atoms with Crippen LogP contribution in [0.25, 0.3) is 6.08 Å². The SMILES string of the molecule is CCCn1cc(Oc2ncccc2/C=C/C(=O)O)cn1. The van der Waals surface area contributed by atoms with E-state index in [0.29, 0.717) is 17.2 Å². The maximum Gasteiger partial charge on any atom is 0.328 e. The molecule has 0 unspecified atom stereocenters. The van der Waals surface area contributed by atoms with Crippen LogP contribution >= 0.6 is 0 Å². The lowest BCUT2D eigenvalue weighted by molar-refractivity contribution is -0.131. The van der Waals surface area contributed by atoms with Crippen LogP contribution in [0.5, 0.6) is 11.6 Å². The summed E-state index contributed by atoms with van der Waals surface area (Å²) in [5.74, 6) is -0.0984. The van der Waals surface area contributed by atoms with Crippen molar-refractivity contribution in [1.82, 2.24) is 14.8 Å². The van der Waals surface area contributed by atoms with E-state index in [1.807, 2.05) is 0 Å². The molecule has 20 heavy (non-hydrogen) atoms. The van der Waals surface area contributed by atoms with Crippen LogP contribution in [-0.4, -0.2) is 25.8 Å². The number of carboxylic acid groups (broad SMARTS) is 1. The Bertz CT molecular complexity index is 620. The summed E-state index contributed by atoms with van der Waals surface area (Å²) in [5, 5.41) is 12.8. The molecule has 0 aliphatic rings. The summed E-state index contributed by atoms with van der Waals surface area (Å²) in [6.45, 7) is 2.88. The number of aromatic nitrogens is 3. The van der Waals surface area contributed by atoms with Gasteiger partial charge in [-0.05, 0) is 24.6 Å². The Morgan fingerprint density at radius 3 is 3.15 bits per heavy atom. The first-order valence-electron chi connectivity index (χ1n) is 6.25. The predicted octanol–water partition coefficient (Wildman–Crippen LogP) is 2.58. The van der Waals surface area contributed by atoms with Gasteiger partial charge >= 0.3 is 5.97 Å². The third-order valence-electron chi connectivity index (χ3n) is 2.48. The van der Waals surface area contributed by atoms with Gasteiger partial charge in [-0.2, -0.15) is 5.10 Å². The molecule has 0 aliphatic heterocycles. The number of hydrogen-bond acceptors (Lipinski definition) is 4. The van der Waals surface area contributed by atoms with E-state index >= 15 is 0 Å². The molecule has 104 valence electrons. The minimum atomic E-state index is -1.02. The van der Waals surface area contributed by atoms with Crippen molar-refractivity contribution in [3.05, 3.63) is 42.4 Å². The average Bonchev–Trinajstić information content (AvgIpc) is 2.85. The molecule has 0 aliphatic carbocycles. The summed E-state index contributed by atoms with van der Waals surface area (Å²) in [6, 6.07) is 3.45. The van der Waals surface area contributed by atoms with Gasteiger partial charge in [0.15, 0.2) is 5.75 Å². The number of pyridine rings is 1. The first kappa shape index (κ1) is 13.8. The summed E-state index contributed by atoms with van der Waals surface area (Å²) in [5.41, 5.74) is 0.596. The first-order chi connectivity index (χ1) is 9.69. The number of rotatable bonds is 6. The summed E-state index contributed by atoms with van der Waals surface area (Å²) in [7, 11) is 0. The Labute approximate surface area is 116 Å². The third-order valence-corrected chi connectivity index (χ3v) is 2.48. The second-order valence-electron chi connectivity index (χ2n) is 4.11. The van der Waals surface area contributed by atoms with E-state index in [0.717, 1.165) is 19.0 Å². The molecule has 2 aromatic heterocycles. The number of hydrogen-bond donors (Lipinski definition) is 1. The maximum absolute atomic E-state index is 10.6. The van der Waals surface area contributed by atoms with Crippen molar-refractivity contribution in [3.8, 4) is 11.6 Å². The van der Waals surface area contributed by atoms with E-state index in [2.05, 4.69) is 17.0 Å². The molecular formula is C14H15N3O3. The topological polar surface area (TPSA) is 77.2 Å².